The number of nitrogens with one attached hydrogen (secondary N) is 1. The van der Waals surface area contributed by atoms with Crippen LogP contribution in [0.3, 0.4) is 0 Å². The molecule has 0 fully saturated rings. The quantitative estimate of drug-likeness (QED) is 0.518. The van der Waals surface area contributed by atoms with Crippen molar-refractivity contribution >= 4 is 11.6 Å². The van der Waals surface area contributed by atoms with Crippen molar-refractivity contribution in [1.29, 1.82) is 0 Å². The number of rotatable bonds is 4. The number of carbonyl (C=O) groups is 1. The van der Waals surface area contributed by atoms with Gasteiger partial charge in [0.05, 0.1) is 5.69 Å². The molecule has 2 aromatic heterocycles. The van der Waals surface area contributed by atoms with Crippen LogP contribution in [0.1, 0.15) is 35.4 Å². The van der Waals surface area contributed by atoms with E-state index in [-0.39, 0.29) is 11.6 Å². The number of benzene rings is 2. The predicted octanol–water partition coefficient (Wildman–Crippen LogP) is 4.85. The van der Waals surface area contributed by atoms with Gasteiger partial charge in [0.2, 0.25) is 0 Å². The highest BCUT2D eigenvalue weighted by Gasteiger charge is 2.18. The average Bonchev–Trinajstić information content (AvgIpc) is 3.41. The third-order valence-corrected chi connectivity index (χ3v) is 5.61. The van der Waals surface area contributed by atoms with Gasteiger partial charge >= 0.3 is 0 Å². The molecule has 5 rings (SSSR count). The van der Waals surface area contributed by atoms with Gasteiger partial charge in [-0.2, -0.15) is 0 Å². The van der Waals surface area contributed by atoms with Gasteiger partial charge in [0, 0.05) is 42.2 Å². The smallest absolute Gasteiger partial charge is 0.255 e. The van der Waals surface area contributed by atoms with E-state index < -0.39 is 5.82 Å². The minimum atomic E-state index is -0.489. The van der Waals surface area contributed by atoms with E-state index in [1.54, 1.807) is 24.3 Å². The third-order valence-electron chi connectivity index (χ3n) is 5.61. The minimum Gasteiger partial charge on any atom is -0.324 e. The van der Waals surface area contributed by atoms with Gasteiger partial charge in [0.25, 0.3) is 5.91 Å². The molecule has 4 aromatic rings. The summed E-state index contributed by atoms with van der Waals surface area (Å²) in [5.74, 6) is 0.820. The molecule has 0 radical (unpaired) electrons. The number of anilines is 1. The lowest BCUT2D eigenvalue weighted by Crippen LogP contribution is -2.13. The summed E-state index contributed by atoms with van der Waals surface area (Å²) in [6.07, 6.45) is 8.10. The first-order valence-electron chi connectivity index (χ1n) is 10.5. The van der Waals surface area contributed by atoms with Crippen LogP contribution in [0.4, 0.5) is 10.1 Å². The summed E-state index contributed by atoms with van der Waals surface area (Å²) in [4.78, 5) is 12.7. The second-order valence-corrected chi connectivity index (χ2v) is 7.69. The number of nitrogens with zero attached hydrogens (tertiary/aromatic N) is 4. The van der Waals surface area contributed by atoms with Crippen molar-refractivity contribution in [2.45, 2.75) is 32.2 Å². The second-order valence-electron chi connectivity index (χ2n) is 7.69. The van der Waals surface area contributed by atoms with Gasteiger partial charge < -0.3 is 14.5 Å². The number of halogens is 1. The first-order valence-corrected chi connectivity index (χ1v) is 10.5. The molecule has 1 N–H and O–H groups in total. The van der Waals surface area contributed by atoms with Gasteiger partial charge in [-0.3, -0.25) is 4.79 Å². The van der Waals surface area contributed by atoms with E-state index in [2.05, 4.69) is 20.1 Å². The van der Waals surface area contributed by atoms with Crippen LogP contribution in [-0.2, 0) is 13.0 Å². The van der Waals surface area contributed by atoms with Crippen molar-refractivity contribution in [2.24, 2.45) is 0 Å². The Balaban J connectivity index is 1.39. The highest BCUT2D eigenvalue weighted by atomic mass is 19.1. The zero-order chi connectivity index (χ0) is 21.2. The lowest BCUT2D eigenvalue weighted by Gasteiger charge is -2.11. The highest BCUT2D eigenvalue weighted by molar-refractivity contribution is 6.04. The minimum absolute atomic E-state index is 0.128. The summed E-state index contributed by atoms with van der Waals surface area (Å²) < 4.78 is 18.5. The van der Waals surface area contributed by atoms with Gasteiger partial charge in [0.1, 0.15) is 11.6 Å². The molecule has 0 aliphatic carbocycles. The molecule has 0 unspecified atom stereocenters. The van der Waals surface area contributed by atoms with Crippen molar-refractivity contribution in [1.82, 2.24) is 19.3 Å². The second kappa shape index (κ2) is 8.18. The Hall–Kier alpha value is -3.74. The molecule has 1 amide bonds. The summed E-state index contributed by atoms with van der Waals surface area (Å²) in [7, 11) is 0. The van der Waals surface area contributed by atoms with Gasteiger partial charge in [-0.05, 0) is 67.4 Å². The molecule has 2 aromatic carbocycles. The van der Waals surface area contributed by atoms with E-state index in [9.17, 15) is 9.18 Å². The van der Waals surface area contributed by atoms with Crippen molar-refractivity contribution in [3.8, 4) is 17.1 Å². The van der Waals surface area contributed by atoms with Crippen LogP contribution in [0.2, 0.25) is 0 Å². The summed E-state index contributed by atoms with van der Waals surface area (Å²) in [6, 6.07) is 15.7. The lowest BCUT2D eigenvalue weighted by molar-refractivity contribution is 0.102. The Morgan fingerprint density at radius 2 is 1.77 bits per heavy atom. The fourth-order valence-corrected chi connectivity index (χ4v) is 3.94. The van der Waals surface area contributed by atoms with Crippen LogP contribution in [0.15, 0.2) is 67.0 Å². The highest BCUT2D eigenvalue weighted by Crippen LogP contribution is 2.27. The summed E-state index contributed by atoms with van der Waals surface area (Å²) in [5, 5.41) is 11.3. The molecule has 0 saturated heterocycles. The lowest BCUT2D eigenvalue weighted by atomic mass is 10.1. The monoisotopic (exact) mass is 415 g/mol. The van der Waals surface area contributed by atoms with E-state index in [1.165, 1.54) is 6.07 Å². The molecule has 0 spiro atoms. The first kappa shape index (κ1) is 19.2. The molecule has 0 atom stereocenters. The van der Waals surface area contributed by atoms with E-state index >= 15 is 0 Å². The van der Waals surface area contributed by atoms with E-state index in [0.717, 1.165) is 49.3 Å². The number of amides is 1. The fourth-order valence-electron chi connectivity index (χ4n) is 3.94. The Morgan fingerprint density at radius 1 is 0.968 bits per heavy atom. The Kier molecular flexibility index (Phi) is 5.08. The van der Waals surface area contributed by atoms with Crippen LogP contribution in [0.25, 0.3) is 17.1 Å². The van der Waals surface area contributed by atoms with Gasteiger partial charge in [-0.1, -0.05) is 6.42 Å². The zero-order valence-electron chi connectivity index (χ0n) is 17.0. The molecular weight excluding hydrogens is 393 g/mol. The van der Waals surface area contributed by atoms with E-state index in [1.807, 2.05) is 41.2 Å². The third kappa shape index (κ3) is 3.86. The SMILES string of the molecule is O=C(Nc1cc(-c2nnc3n2CCCCC3)ccc1F)c1ccc(-n2cccc2)cc1. The molecule has 31 heavy (non-hydrogen) atoms. The van der Waals surface area contributed by atoms with Crippen LogP contribution in [0, 0.1) is 5.82 Å². The standard InChI is InChI=1S/C24H22FN5O/c25-20-12-9-18(23-28-27-22-6-2-1-3-15-30(22)23)16-21(20)26-24(31)17-7-10-19(11-8-17)29-13-4-5-14-29/h4-5,7-14,16H,1-3,6,15H2,(H,26,31). The van der Waals surface area contributed by atoms with Gasteiger partial charge in [0.15, 0.2) is 5.82 Å². The number of carbonyl (C=O) groups excluding carboxylic acids is 1. The molecule has 0 saturated carbocycles. The molecule has 156 valence electrons. The zero-order valence-corrected chi connectivity index (χ0v) is 17.0. The molecule has 1 aliphatic rings. The maximum absolute atomic E-state index is 14.5. The number of aromatic nitrogens is 4. The molecule has 7 heteroatoms. The largest absolute Gasteiger partial charge is 0.324 e. The number of hydrogen-bond acceptors (Lipinski definition) is 3. The van der Waals surface area contributed by atoms with Crippen molar-refractivity contribution in [3.05, 3.63) is 84.2 Å². The Labute approximate surface area is 179 Å². The average molecular weight is 415 g/mol. The molecule has 1 aliphatic heterocycles. The topological polar surface area (TPSA) is 64.7 Å². The number of aryl methyl sites for hydroxylation is 1. The summed E-state index contributed by atoms with van der Waals surface area (Å²) >= 11 is 0. The Bertz CT molecular complexity index is 1210. The molecule has 3 heterocycles. The Morgan fingerprint density at radius 3 is 2.58 bits per heavy atom. The van der Waals surface area contributed by atoms with Crippen LogP contribution in [-0.4, -0.2) is 25.2 Å². The van der Waals surface area contributed by atoms with Gasteiger partial charge in [-0.15, -0.1) is 10.2 Å². The molecular formula is C24H22FN5O. The van der Waals surface area contributed by atoms with Crippen molar-refractivity contribution < 1.29 is 9.18 Å². The van der Waals surface area contributed by atoms with E-state index in [0.29, 0.717) is 11.4 Å². The number of hydrogen-bond donors (Lipinski definition) is 1. The summed E-state index contributed by atoms with van der Waals surface area (Å²) in [6.45, 7) is 0.852. The summed E-state index contributed by atoms with van der Waals surface area (Å²) in [5.41, 5.74) is 2.27. The predicted molar refractivity (Wildman–Crippen MR) is 117 cm³/mol. The maximum atomic E-state index is 14.5. The van der Waals surface area contributed by atoms with Gasteiger partial charge in [-0.25, -0.2) is 4.39 Å². The number of fused-ring (bicyclic) bond motifs is 1. The van der Waals surface area contributed by atoms with E-state index in [4.69, 9.17) is 0 Å². The molecule has 0 bridgehead atoms. The molecule has 6 nitrogen and oxygen atoms in total. The van der Waals surface area contributed by atoms with Crippen LogP contribution >= 0.6 is 0 Å². The van der Waals surface area contributed by atoms with Crippen LogP contribution < -0.4 is 5.32 Å². The fraction of sp³-hybridized carbons (Fsp3) is 0.208. The van der Waals surface area contributed by atoms with Crippen LogP contribution in [0.5, 0.6) is 0 Å². The van der Waals surface area contributed by atoms with Crippen molar-refractivity contribution in [2.75, 3.05) is 5.32 Å². The van der Waals surface area contributed by atoms with Crippen molar-refractivity contribution in [3.63, 3.8) is 0 Å². The maximum Gasteiger partial charge on any atom is 0.255 e. The first-order chi connectivity index (χ1) is 15.2. The normalized spacial score (nSPS) is 13.5.